The Bertz CT molecular complexity index is 1680. The Balaban J connectivity index is 1.85. The molecule has 36 heavy (non-hydrogen) atoms. The quantitative estimate of drug-likeness (QED) is 0.248. The topological polar surface area (TPSA) is 40.8 Å². The first-order chi connectivity index (χ1) is 17.1. The van der Waals surface area contributed by atoms with E-state index in [2.05, 4.69) is 89.6 Å². The summed E-state index contributed by atoms with van der Waals surface area (Å²) in [6.07, 6.45) is 1.03. The van der Waals surface area contributed by atoms with Gasteiger partial charge in [0.05, 0.1) is 17.2 Å². The van der Waals surface area contributed by atoms with Gasteiger partial charge < -0.3 is 4.42 Å². The smallest absolute Gasteiger partial charge is 0.216 e. The van der Waals surface area contributed by atoms with Crippen molar-refractivity contribution in [3.63, 3.8) is 0 Å². The third-order valence-corrected chi connectivity index (χ3v) is 7.30. The minimum Gasteiger partial charge on any atom is -0.454 e. The van der Waals surface area contributed by atoms with Crippen LogP contribution in [0.25, 0.3) is 44.3 Å². The Kier molecular flexibility index (Phi) is 5.72. The van der Waals surface area contributed by atoms with E-state index in [1.165, 1.54) is 16.8 Å². The fraction of sp³-hybridized carbons (Fsp3) is 0.273. The summed E-state index contributed by atoms with van der Waals surface area (Å²) in [4.78, 5) is 0. The Morgan fingerprint density at radius 3 is 2.28 bits per heavy atom. The predicted octanol–water partition coefficient (Wildman–Crippen LogP) is 8.13. The van der Waals surface area contributed by atoms with Gasteiger partial charge in [0.2, 0.25) is 5.69 Å². The largest absolute Gasteiger partial charge is 0.454 e. The number of hydrogen-bond donors (Lipinski definition) is 0. The Morgan fingerprint density at radius 1 is 0.889 bits per heavy atom. The second-order valence-electron chi connectivity index (χ2n) is 11.2. The Hall–Kier alpha value is -3.90. The molecule has 0 fully saturated rings. The first-order valence-corrected chi connectivity index (χ1v) is 12.5. The summed E-state index contributed by atoms with van der Waals surface area (Å²) in [5.74, 6) is 0. The van der Waals surface area contributed by atoms with Gasteiger partial charge in [0.25, 0.3) is 0 Å². The van der Waals surface area contributed by atoms with Gasteiger partial charge in [0, 0.05) is 34.9 Å². The maximum atomic E-state index is 9.96. The normalized spacial score (nSPS) is 11.8. The molecule has 0 unspecified atom stereocenters. The van der Waals surface area contributed by atoms with E-state index in [1.54, 1.807) is 0 Å². The molecule has 0 saturated heterocycles. The zero-order valence-electron chi connectivity index (χ0n) is 22.3. The zero-order chi connectivity index (χ0) is 25.8. The van der Waals surface area contributed by atoms with Gasteiger partial charge in [0.1, 0.15) is 18.2 Å². The molecule has 0 aliphatic carbocycles. The van der Waals surface area contributed by atoms with Crippen molar-refractivity contribution in [3.05, 3.63) is 88.6 Å². The lowest BCUT2D eigenvalue weighted by Crippen LogP contribution is -2.37. The maximum Gasteiger partial charge on any atom is 0.216 e. The van der Waals surface area contributed by atoms with Crippen molar-refractivity contribution in [2.75, 3.05) is 0 Å². The van der Waals surface area contributed by atoms with Crippen LogP contribution in [0.2, 0.25) is 0 Å². The number of aromatic nitrogens is 1. The molecular formula is C33H33N2O+. The summed E-state index contributed by atoms with van der Waals surface area (Å²) in [5, 5.41) is 11.8. The van der Waals surface area contributed by atoms with E-state index < -0.39 is 0 Å². The van der Waals surface area contributed by atoms with Crippen LogP contribution in [0.5, 0.6) is 0 Å². The number of rotatable bonds is 3. The molecule has 0 bridgehead atoms. The fourth-order valence-corrected chi connectivity index (χ4v) is 5.39. The molecular weight excluding hydrogens is 440 g/mol. The summed E-state index contributed by atoms with van der Waals surface area (Å²) in [5.41, 5.74) is 11.9. The third-order valence-electron chi connectivity index (χ3n) is 7.30. The van der Waals surface area contributed by atoms with E-state index in [1.807, 2.05) is 30.3 Å². The second-order valence-corrected chi connectivity index (χ2v) is 11.2. The van der Waals surface area contributed by atoms with Gasteiger partial charge in [-0.15, -0.1) is 0 Å². The van der Waals surface area contributed by atoms with Crippen molar-refractivity contribution in [1.82, 2.24) is 0 Å². The zero-order valence-corrected chi connectivity index (χ0v) is 22.3. The van der Waals surface area contributed by atoms with Crippen LogP contribution in [0.4, 0.5) is 0 Å². The standard InChI is InChI=1S/C33H33N2O/c1-20-13-15-26-30-24(19-34)14-16-25(23-11-9-8-10-12-23)31(30)36-32(26)29(20)28-17-21(2)27(18-33(4,5)6)22(3)35(28)7/h8-17H,18H2,1-7H3/q+1. The van der Waals surface area contributed by atoms with Gasteiger partial charge in [-0.3, -0.25) is 0 Å². The van der Waals surface area contributed by atoms with Crippen LogP contribution < -0.4 is 4.57 Å². The molecule has 0 atom stereocenters. The fourth-order valence-electron chi connectivity index (χ4n) is 5.39. The highest BCUT2D eigenvalue weighted by Crippen LogP contribution is 2.42. The molecule has 0 saturated carbocycles. The van der Waals surface area contributed by atoms with E-state index in [0.717, 1.165) is 56.3 Å². The molecule has 0 spiro atoms. The lowest BCUT2D eigenvalue weighted by Gasteiger charge is -2.21. The lowest BCUT2D eigenvalue weighted by atomic mass is 9.85. The van der Waals surface area contributed by atoms with Gasteiger partial charge in [-0.2, -0.15) is 9.83 Å². The number of furan rings is 1. The summed E-state index contributed by atoms with van der Waals surface area (Å²) >= 11 is 0. The molecule has 0 N–H and O–H groups in total. The van der Waals surface area contributed by atoms with Crippen LogP contribution in [0.15, 0.2) is 65.1 Å². The average molecular weight is 474 g/mol. The number of aryl methyl sites for hydroxylation is 2. The average Bonchev–Trinajstić information content (AvgIpc) is 3.23. The van der Waals surface area contributed by atoms with Gasteiger partial charge in [-0.05, 0) is 54.5 Å². The van der Waals surface area contributed by atoms with Crippen molar-refractivity contribution in [2.24, 2.45) is 12.5 Å². The molecule has 0 aliphatic rings. The first-order valence-electron chi connectivity index (χ1n) is 12.5. The summed E-state index contributed by atoms with van der Waals surface area (Å²) in [6, 6.07) is 23.1. The minimum atomic E-state index is 0.209. The Labute approximate surface area is 213 Å². The molecule has 3 heteroatoms. The highest BCUT2D eigenvalue weighted by atomic mass is 16.3. The van der Waals surface area contributed by atoms with Gasteiger partial charge >= 0.3 is 0 Å². The van der Waals surface area contributed by atoms with E-state index in [-0.39, 0.29) is 5.41 Å². The third kappa shape index (κ3) is 3.88. The molecule has 5 aromatic rings. The summed E-state index contributed by atoms with van der Waals surface area (Å²) in [6.45, 7) is 13.4. The van der Waals surface area contributed by atoms with Gasteiger partial charge in [0.15, 0.2) is 5.69 Å². The number of fused-ring (bicyclic) bond motifs is 3. The van der Waals surface area contributed by atoms with Crippen LogP contribution in [-0.4, -0.2) is 0 Å². The van der Waals surface area contributed by atoms with E-state index in [0.29, 0.717) is 5.56 Å². The molecule has 0 radical (unpaired) electrons. The number of nitriles is 1. The van der Waals surface area contributed by atoms with Crippen LogP contribution in [0.1, 0.15) is 48.7 Å². The number of benzene rings is 3. The predicted molar refractivity (Wildman–Crippen MR) is 148 cm³/mol. The molecule has 2 aromatic heterocycles. The molecule has 0 aliphatic heterocycles. The minimum absolute atomic E-state index is 0.209. The number of nitrogens with zero attached hydrogens (tertiary/aromatic N) is 2. The van der Waals surface area contributed by atoms with Crippen LogP contribution in [-0.2, 0) is 13.5 Å². The van der Waals surface area contributed by atoms with Crippen molar-refractivity contribution in [1.29, 1.82) is 5.26 Å². The molecule has 180 valence electrons. The van der Waals surface area contributed by atoms with E-state index in [4.69, 9.17) is 4.42 Å². The van der Waals surface area contributed by atoms with Gasteiger partial charge in [-0.1, -0.05) is 63.2 Å². The first kappa shape index (κ1) is 23.8. The molecule has 5 rings (SSSR count). The van der Waals surface area contributed by atoms with E-state index in [9.17, 15) is 5.26 Å². The van der Waals surface area contributed by atoms with Gasteiger partial charge in [-0.25, -0.2) is 0 Å². The number of pyridine rings is 1. The van der Waals surface area contributed by atoms with Crippen LogP contribution >= 0.6 is 0 Å². The monoisotopic (exact) mass is 473 g/mol. The number of hydrogen-bond acceptors (Lipinski definition) is 2. The lowest BCUT2D eigenvalue weighted by molar-refractivity contribution is -0.667. The molecule has 3 aromatic carbocycles. The molecule has 3 nitrogen and oxygen atoms in total. The highest BCUT2D eigenvalue weighted by Gasteiger charge is 2.27. The van der Waals surface area contributed by atoms with Crippen LogP contribution in [0.3, 0.4) is 0 Å². The summed E-state index contributed by atoms with van der Waals surface area (Å²) in [7, 11) is 2.15. The molecule has 0 amide bonds. The van der Waals surface area contributed by atoms with Crippen LogP contribution in [0, 0.1) is 37.5 Å². The molecule has 2 heterocycles. The maximum absolute atomic E-state index is 9.96. The van der Waals surface area contributed by atoms with Crippen molar-refractivity contribution >= 4 is 21.9 Å². The SMILES string of the molecule is Cc1cc(-c2c(C)ccc3c2oc2c(-c4ccccc4)ccc(C#N)c23)[n+](C)c(C)c1CC(C)(C)C. The van der Waals surface area contributed by atoms with E-state index >= 15 is 0 Å². The summed E-state index contributed by atoms with van der Waals surface area (Å²) < 4.78 is 9.03. The van der Waals surface area contributed by atoms with Crippen molar-refractivity contribution in [2.45, 2.75) is 48.0 Å². The van der Waals surface area contributed by atoms with Crippen molar-refractivity contribution in [3.8, 4) is 28.5 Å². The second kappa shape index (κ2) is 8.64. The highest BCUT2D eigenvalue weighted by molar-refractivity contribution is 6.15. The van der Waals surface area contributed by atoms with Crippen molar-refractivity contribution < 1.29 is 8.98 Å². The Morgan fingerprint density at radius 2 is 1.61 bits per heavy atom.